The van der Waals surface area contributed by atoms with Crippen molar-refractivity contribution in [2.45, 2.75) is 32.7 Å². The van der Waals surface area contributed by atoms with Crippen LogP contribution in [0, 0.1) is 24.2 Å². The van der Waals surface area contributed by atoms with Gasteiger partial charge in [0.05, 0.1) is 12.0 Å². The smallest absolute Gasteiger partial charge is 0.231 e. The second-order valence-corrected chi connectivity index (χ2v) is 8.35. The largest absolute Gasteiger partial charge is 0.346 e. The number of aryl methyl sites for hydroxylation is 1. The first kappa shape index (κ1) is 17.6. The standard InChI is InChI=1S/C22H21N3OS/c1-5-6-14-7-8-18-16(10-14)17-11-15(9-13(2)20(17)27-18)22(3)12-19(26)25(4)21(23)24-22/h7-11H,12H2,1-4H3,(H2,23,24)/t22-/m0/s1. The fourth-order valence-electron chi connectivity index (χ4n) is 3.70. The highest BCUT2D eigenvalue weighted by molar-refractivity contribution is 7.26. The summed E-state index contributed by atoms with van der Waals surface area (Å²) in [5.74, 6) is 6.19. The molecule has 4 rings (SSSR count). The quantitative estimate of drug-likeness (QED) is 0.622. The molecule has 1 saturated heterocycles. The van der Waals surface area contributed by atoms with Gasteiger partial charge >= 0.3 is 0 Å². The lowest BCUT2D eigenvalue weighted by Crippen LogP contribution is -2.58. The van der Waals surface area contributed by atoms with E-state index in [4.69, 9.17) is 5.41 Å². The van der Waals surface area contributed by atoms with Gasteiger partial charge in [-0.3, -0.25) is 15.1 Å². The molecule has 1 atom stereocenters. The molecule has 2 aromatic carbocycles. The van der Waals surface area contributed by atoms with Gasteiger partial charge in [-0.1, -0.05) is 12.0 Å². The third kappa shape index (κ3) is 2.77. The summed E-state index contributed by atoms with van der Waals surface area (Å²) in [7, 11) is 1.63. The maximum absolute atomic E-state index is 12.4. The van der Waals surface area contributed by atoms with E-state index in [-0.39, 0.29) is 11.9 Å². The molecule has 0 radical (unpaired) electrons. The first-order valence-electron chi connectivity index (χ1n) is 8.86. The monoisotopic (exact) mass is 375 g/mol. The number of hydrogen-bond donors (Lipinski definition) is 2. The minimum Gasteiger partial charge on any atom is -0.346 e. The summed E-state index contributed by atoms with van der Waals surface area (Å²) in [5, 5.41) is 13.7. The molecule has 136 valence electrons. The molecule has 2 N–H and O–H groups in total. The Morgan fingerprint density at radius 1 is 1.26 bits per heavy atom. The lowest BCUT2D eigenvalue weighted by Gasteiger charge is -2.39. The van der Waals surface area contributed by atoms with Gasteiger partial charge < -0.3 is 5.32 Å². The summed E-state index contributed by atoms with van der Waals surface area (Å²) in [4.78, 5) is 13.7. The predicted octanol–water partition coefficient (Wildman–Crippen LogP) is 4.34. The molecule has 0 aliphatic carbocycles. The zero-order valence-electron chi connectivity index (χ0n) is 15.9. The van der Waals surface area contributed by atoms with E-state index in [1.807, 2.05) is 13.8 Å². The van der Waals surface area contributed by atoms with Crippen LogP contribution in [-0.4, -0.2) is 23.8 Å². The summed E-state index contributed by atoms with van der Waals surface area (Å²) in [6.07, 6.45) is 0.325. The van der Waals surface area contributed by atoms with Crippen molar-refractivity contribution < 1.29 is 4.79 Å². The number of hydrogen-bond acceptors (Lipinski definition) is 3. The molecule has 5 heteroatoms. The number of amides is 1. The number of fused-ring (bicyclic) bond motifs is 3. The van der Waals surface area contributed by atoms with Crippen molar-refractivity contribution in [1.82, 2.24) is 10.2 Å². The lowest BCUT2D eigenvalue weighted by molar-refractivity contribution is -0.129. The summed E-state index contributed by atoms with van der Waals surface area (Å²) >= 11 is 1.78. The van der Waals surface area contributed by atoms with E-state index >= 15 is 0 Å². The number of benzene rings is 2. The summed E-state index contributed by atoms with van der Waals surface area (Å²) < 4.78 is 2.49. The van der Waals surface area contributed by atoms with E-state index in [0.29, 0.717) is 6.42 Å². The topological polar surface area (TPSA) is 56.2 Å². The van der Waals surface area contributed by atoms with Crippen LogP contribution in [0.5, 0.6) is 0 Å². The number of carbonyl (C=O) groups is 1. The van der Waals surface area contributed by atoms with Crippen molar-refractivity contribution >= 4 is 43.4 Å². The first-order chi connectivity index (χ1) is 12.8. The van der Waals surface area contributed by atoms with Crippen molar-refractivity contribution in [2.75, 3.05) is 7.05 Å². The van der Waals surface area contributed by atoms with Gasteiger partial charge in [0.2, 0.25) is 5.91 Å². The van der Waals surface area contributed by atoms with E-state index in [1.54, 1.807) is 18.4 Å². The van der Waals surface area contributed by atoms with Crippen molar-refractivity contribution in [1.29, 1.82) is 5.41 Å². The SMILES string of the molecule is CC#Cc1ccc2sc3c(C)cc([C@]4(C)CC(=O)N(C)C(=N)N4)cc3c2c1. The van der Waals surface area contributed by atoms with E-state index in [1.165, 1.54) is 30.6 Å². The van der Waals surface area contributed by atoms with Gasteiger partial charge in [0, 0.05) is 32.8 Å². The molecule has 4 nitrogen and oxygen atoms in total. The molecule has 0 bridgehead atoms. The van der Waals surface area contributed by atoms with E-state index in [9.17, 15) is 4.79 Å². The van der Waals surface area contributed by atoms with Gasteiger partial charge in [-0.2, -0.15) is 0 Å². The highest BCUT2D eigenvalue weighted by Gasteiger charge is 2.38. The van der Waals surface area contributed by atoms with Crippen molar-refractivity contribution in [3.8, 4) is 11.8 Å². The average Bonchev–Trinajstić information content (AvgIpc) is 2.99. The third-order valence-electron chi connectivity index (χ3n) is 5.27. The van der Waals surface area contributed by atoms with Gasteiger partial charge in [0.1, 0.15) is 0 Å². The molecular formula is C22H21N3OS. The summed E-state index contributed by atoms with van der Waals surface area (Å²) in [6.45, 7) is 5.95. The zero-order valence-corrected chi connectivity index (χ0v) is 16.7. The molecule has 1 amide bonds. The number of nitrogens with zero attached hydrogens (tertiary/aromatic N) is 1. The van der Waals surface area contributed by atoms with Gasteiger partial charge in [-0.25, -0.2) is 0 Å². The van der Waals surface area contributed by atoms with Crippen LogP contribution in [-0.2, 0) is 10.3 Å². The van der Waals surface area contributed by atoms with Crippen molar-refractivity contribution in [3.05, 3.63) is 47.0 Å². The van der Waals surface area contributed by atoms with Crippen LogP contribution in [0.25, 0.3) is 20.2 Å². The molecule has 0 spiro atoms. The first-order valence-corrected chi connectivity index (χ1v) is 9.67. The number of guanidine groups is 1. The van der Waals surface area contributed by atoms with Crippen LogP contribution < -0.4 is 5.32 Å². The van der Waals surface area contributed by atoms with Crippen LogP contribution in [0.3, 0.4) is 0 Å². The number of rotatable bonds is 1. The molecule has 1 fully saturated rings. The maximum atomic E-state index is 12.4. The van der Waals surface area contributed by atoms with E-state index in [2.05, 4.69) is 54.4 Å². The molecule has 1 aliphatic heterocycles. The van der Waals surface area contributed by atoms with Gasteiger partial charge in [0.25, 0.3) is 0 Å². The van der Waals surface area contributed by atoms with Crippen molar-refractivity contribution in [3.63, 3.8) is 0 Å². The van der Waals surface area contributed by atoms with Gasteiger partial charge in [0.15, 0.2) is 5.96 Å². The molecule has 0 saturated carbocycles. The second-order valence-electron chi connectivity index (χ2n) is 7.29. The Bertz CT molecular complexity index is 1160. The third-order valence-corrected chi connectivity index (χ3v) is 6.59. The fourth-order valence-corrected chi connectivity index (χ4v) is 4.83. The highest BCUT2D eigenvalue weighted by Crippen LogP contribution is 2.40. The molecule has 1 aliphatic rings. The van der Waals surface area contributed by atoms with Crippen LogP contribution in [0.4, 0.5) is 0 Å². The van der Waals surface area contributed by atoms with Crippen LogP contribution >= 0.6 is 11.3 Å². The molecule has 1 aromatic heterocycles. The Labute approximate surface area is 162 Å². The Balaban J connectivity index is 1.93. The Kier molecular flexibility index (Phi) is 3.97. The second kappa shape index (κ2) is 6.11. The molecule has 3 aromatic rings. The van der Waals surface area contributed by atoms with E-state index in [0.717, 1.165) is 11.1 Å². The van der Waals surface area contributed by atoms with Gasteiger partial charge in [-0.05, 0) is 56.2 Å². The number of nitrogens with one attached hydrogen (secondary N) is 2. The number of thiophene rings is 1. The molecule has 0 unspecified atom stereocenters. The highest BCUT2D eigenvalue weighted by atomic mass is 32.1. The van der Waals surface area contributed by atoms with E-state index < -0.39 is 5.54 Å². The molecular weight excluding hydrogens is 354 g/mol. The Morgan fingerprint density at radius 3 is 2.74 bits per heavy atom. The Hall–Kier alpha value is -2.84. The minimum absolute atomic E-state index is 0.0466. The predicted molar refractivity (Wildman–Crippen MR) is 112 cm³/mol. The van der Waals surface area contributed by atoms with Gasteiger partial charge in [-0.15, -0.1) is 17.3 Å². The van der Waals surface area contributed by atoms with Crippen LogP contribution in [0.2, 0.25) is 0 Å². The molecule has 2 heterocycles. The van der Waals surface area contributed by atoms with Crippen LogP contribution in [0.1, 0.15) is 37.0 Å². The van der Waals surface area contributed by atoms with Crippen molar-refractivity contribution in [2.24, 2.45) is 0 Å². The Morgan fingerprint density at radius 2 is 2.04 bits per heavy atom. The zero-order chi connectivity index (χ0) is 19.3. The average molecular weight is 375 g/mol. The summed E-state index contributed by atoms with van der Waals surface area (Å²) in [6, 6.07) is 10.6. The molecule has 27 heavy (non-hydrogen) atoms. The maximum Gasteiger partial charge on any atom is 0.231 e. The fraction of sp³-hybridized carbons (Fsp3) is 0.273. The minimum atomic E-state index is -0.589. The van der Waals surface area contributed by atoms with Crippen LogP contribution in [0.15, 0.2) is 30.3 Å². The number of carbonyl (C=O) groups excluding carboxylic acids is 1. The normalized spacial score (nSPS) is 19.9. The lowest BCUT2D eigenvalue weighted by atomic mass is 9.85. The summed E-state index contributed by atoms with van der Waals surface area (Å²) in [5.41, 5.74) is 2.64.